The van der Waals surface area contributed by atoms with Gasteiger partial charge in [0.05, 0.1) is 12.0 Å². The first-order chi connectivity index (χ1) is 9.63. The molecule has 0 saturated carbocycles. The Bertz CT molecular complexity index is 619. The number of rotatable bonds is 2. The summed E-state index contributed by atoms with van der Waals surface area (Å²) in [6.07, 6.45) is 2.16. The average Bonchev–Trinajstić information content (AvgIpc) is 2.45. The molecule has 0 spiro atoms. The number of hydrogen-bond acceptors (Lipinski definition) is 1. The molecule has 0 N–H and O–H groups in total. The molecular weight excluding hydrogens is 336 g/mol. The van der Waals surface area contributed by atoms with Gasteiger partial charge in [-0.3, -0.25) is 0 Å². The molecule has 0 saturated heterocycles. The standard InChI is InChI=1S/C17H16BrClO/c1-11-7-14(10-15(18)8-11)17(19)13-4-5-16-12(9-13)3-2-6-20-16/h4-5,7-10,17H,2-3,6H2,1H3. The van der Waals surface area contributed by atoms with Crippen molar-refractivity contribution in [1.82, 2.24) is 0 Å². The van der Waals surface area contributed by atoms with Gasteiger partial charge in [-0.2, -0.15) is 0 Å². The van der Waals surface area contributed by atoms with E-state index >= 15 is 0 Å². The molecule has 2 aromatic rings. The van der Waals surface area contributed by atoms with Gasteiger partial charge >= 0.3 is 0 Å². The van der Waals surface area contributed by atoms with Crippen molar-refractivity contribution in [2.24, 2.45) is 0 Å². The van der Waals surface area contributed by atoms with E-state index in [9.17, 15) is 0 Å². The molecular formula is C17H16BrClO. The number of alkyl halides is 1. The highest BCUT2D eigenvalue weighted by atomic mass is 79.9. The summed E-state index contributed by atoms with van der Waals surface area (Å²) in [5.74, 6) is 1.01. The minimum atomic E-state index is -0.126. The van der Waals surface area contributed by atoms with Gasteiger partial charge in [-0.1, -0.05) is 34.1 Å². The molecule has 1 atom stereocenters. The lowest BCUT2D eigenvalue weighted by Crippen LogP contribution is -2.09. The van der Waals surface area contributed by atoms with Gasteiger partial charge in [-0.15, -0.1) is 11.6 Å². The van der Waals surface area contributed by atoms with Crippen LogP contribution in [0, 0.1) is 6.92 Å². The maximum atomic E-state index is 6.66. The van der Waals surface area contributed by atoms with Gasteiger partial charge in [-0.05, 0) is 60.2 Å². The lowest BCUT2D eigenvalue weighted by Gasteiger charge is -2.19. The smallest absolute Gasteiger partial charge is 0.122 e. The monoisotopic (exact) mass is 350 g/mol. The van der Waals surface area contributed by atoms with Gasteiger partial charge in [0, 0.05) is 4.47 Å². The Balaban J connectivity index is 1.95. The average molecular weight is 352 g/mol. The molecule has 0 radical (unpaired) electrons. The number of ether oxygens (including phenoxy) is 1. The van der Waals surface area contributed by atoms with Gasteiger partial charge < -0.3 is 4.74 Å². The lowest BCUT2D eigenvalue weighted by molar-refractivity contribution is 0.288. The van der Waals surface area contributed by atoms with Crippen molar-refractivity contribution in [3.63, 3.8) is 0 Å². The first-order valence-electron chi connectivity index (χ1n) is 6.80. The molecule has 3 rings (SSSR count). The summed E-state index contributed by atoms with van der Waals surface area (Å²) in [5, 5.41) is -0.126. The van der Waals surface area contributed by atoms with Crippen molar-refractivity contribution >= 4 is 27.5 Å². The van der Waals surface area contributed by atoms with E-state index < -0.39 is 0 Å². The summed E-state index contributed by atoms with van der Waals surface area (Å²) in [6, 6.07) is 12.6. The summed E-state index contributed by atoms with van der Waals surface area (Å²) < 4.78 is 6.72. The SMILES string of the molecule is Cc1cc(Br)cc(C(Cl)c2ccc3c(c2)CCCO3)c1. The van der Waals surface area contributed by atoms with Crippen molar-refractivity contribution < 1.29 is 4.74 Å². The van der Waals surface area contributed by atoms with Gasteiger partial charge in [0.25, 0.3) is 0 Å². The van der Waals surface area contributed by atoms with Crippen LogP contribution in [0.1, 0.15) is 34.1 Å². The maximum absolute atomic E-state index is 6.66. The van der Waals surface area contributed by atoms with Crippen LogP contribution in [0.25, 0.3) is 0 Å². The third-order valence-corrected chi connectivity index (χ3v) is 4.54. The normalized spacial score (nSPS) is 15.3. The van der Waals surface area contributed by atoms with Gasteiger partial charge in [0.1, 0.15) is 5.75 Å². The molecule has 1 aliphatic rings. The summed E-state index contributed by atoms with van der Waals surface area (Å²) >= 11 is 10.2. The van der Waals surface area contributed by atoms with E-state index in [0.717, 1.165) is 40.8 Å². The quantitative estimate of drug-likeness (QED) is 0.657. The zero-order chi connectivity index (χ0) is 14.1. The summed E-state index contributed by atoms with van der Waals surface area (Å²) in [7, 11) is 0. The predicted octanol–water partition coefficient (Wildman–Crippen LogP) is 5.41. The molecule has 3 heteroatoms. The van der Waals surface area contributed by atoms with E-state index in [1.165, 1.54) is 11.1 Å². The molecule has 0 aromatic heterocycles. The van der Waals surface area contributed by atoms with Crippen LogP contribution in [-0.4, -0.2) is 6.61 Å². The molecule has 1 unspecified atom stereocenters. The molecule has 0 amide bonds. The largest absolute Gasteiger partial charge is 0.493 e. The van der Waals surface area contributed by atoms with Crippen LogP contribution >= 0.6 is 27.5 Å². The van der Waals surface area contributed by atoms with E-state index in [2.05, 4.69) is 53.2 Å². The second kappa shape index (κ2) is 5.79. The van der Waals surface area contributed by atoms with Crippen molar-refractivity contribution in [2.75, 3.05) is 6.61 Å². The molecule has 0 aliphatic carbocycles. The van der Waals surface area contributed by atoms with Crippen LogP contribution in [0.4, 0.5) is 0 Å². The Morgan fingerprint density at radius 1 is 1.15 bits per heavy atom. The Hall–Kier alpha value is -0.990. The lowest BCUT2D eigenvalue weighted by atomic mass is 9.98. The number of hydrogen-bond donors (Lipinski definition) is 0. The zero-order valence-electron chi connectivity index (χ0n) is 11.3. The molecule has 1 nitrogen and oxygen atoms in total. The zero-order valence-corrected chi connectivity index (χ0v) is 13.7. The minimum absolute atomic E-state index is 0.126. The maximum Gasteiger partial charge on any atom is 0.122 e. The van der Waals surface area contributed by atoms with Crippen LogP contribution in [0.5, 0.6) is 5.75 Å². The van der Waals surface area contributed by atoms with Crippen molar-refractivity contribution in [2.45, 2.75) is 25.1 Å². The Labute approximate surface area is 133 Å². The van der Waals surface area contributed by atoms with Crippen LogP contribution < -0.4 is 4.74 Å². The number of halogens is 2. The Morgan fingerprint density at radius 2 is 2.00 bits per heavy atom. The summed E-state index contributed by atoms with van der Waals surface area (Å²) in [5.41, 5.74) is 4.73. The van der Waals surface area contributed by atoms with Crippen LogP contribution in [-0.2, 0) is 6.42 Å². The summed E-state index contributed by atoms with van der Waals surface area (Å²) in [4.78, 5) is 0. The molecule has 2 aromatic carbocycles. The first-order valence-corrected chi connectivity index (χ1v) is 8.03. The van der Waals surface area contributed by atoms with Crippen molar-refractivity contribution in [3.05, 3.63) is 63.1 Å². The second-order valence-corrected chi connectivity index (χ2v) is 6.60. The fraction of sp³-hybridized carbons (Fsp3) is 0.294. The van der Waals surface area contributed by atoms with Crippen LogP contribution in [0.15, 0.2) is 40.9 Å². The second-order valence-electron chi connectivity index (χ2n) is 5.24. The van der Waals surface area contributed by atoms with E-state index in [1.807, 2.05) is 6.07 Å². The van der Waals surface area contributed by atoms with E-state index in [1.54, 1.807) is 0 Å². The summed E-state index contributed by atoms with van der Waals surface area (Å²) in [6.45, 7) is 2.90. The van der Waals surface area contributed by atoms with Crippen molar-refractivity contribution in [3.8, 4) is 5.75 Å². The highest BCUT2D eigenvalue weighted by Gasteiger charge is 2.16. The van der Waals surface area contributed by atoms with Gasteiger partial charge in [-0.25, -0.2) is 0 Å². The topological polar surface area (TPSA) is 9.23 Å². The highest BCUT2D eigenvalue weighted by Crippen LogP contribution is 2.35. The molecule has 0 fully saturated rings. The fourth-order valence-corrected chi connectivity index (χ4v) is 3.53. The van der Waals surface area contributed by atoms with Gasteiger partial charge in [0.2, 0.25) is 0 Å². The third-order valence-electron chi connectivity index (χ3n) is 3.58. The van der Waals surface area contributed by atoms with Gasteiger partial charge in [0.15, 0.2) is 0 Å². The van der Waals surface area contributed by atoms with Crippen LogP contribution in [0.3, 0.4) is 0 Å². The Morgan fingerprint density at radius 3 is 2.80 bits per heavy atom. The van der Waals surface area contributed by atoms with Crippen molar-refractivity contribution in [1.29, 1.82) is 0 Å². The van der Waals surface area contributed by atoms with E-state index in [-0.39, 0.29) is 5.38 Å². The predicted molar refractivity (Wildman–Crippen MR) is 86.8 cm³/mol. The van der Waals surface area contributed by atoms with Crippen LogP contribution in [0.2, 0.25) is 0 Å². The molecule has 20 heavy (non-hydrogen) atoms. The molecule has 1 aliphatic heterocycles. The Kier molecular flexibility index (Phi) is 4.04. The highest BCUT2D eigenvalue weighted by molar-refractivity contribution is 9.10. The minimum Gasteiger partial charge on any atom is -0.493 e. The van der Waals surface area contributed by atoms with E-state index in [4.69, 9.17) is 16.3 Å². The fourth-order valence-electron chi connectivity index (χ4n) is 2.64. The number of aryl methyl sites for hydroxylation is 2. The van der Waals surface area contributed by atoms with E-state index in [0.29, 0.717) is 0 Å². The number of fused-ring (bicyclic) bond motifs is 1. The molecule has 1 heterocycles. The molecule has 0 bridgehead atoms. The first kappa shape index (κ1) is 14.0. The number of benzene rings is 2. The third kappa shape index (κ3) is 2.87. The molecule has 104 valence electrons.